The van der Waals surface area contributed by atoms with Crippen molar-refractivity contribution in [2.24, 2.45) is 0 Å². The topological polar surface area (TPSA) is 49.9 Å². The number of aromatic amines is 1. The molecule has 0 aliphatic rings. The number of nitrogens with zero attached hydrogens (tertiary/aromatic N) is 1. The van der Waals surface area contributed by atoms with Gasteiger partial charge in [0.05, 0.1) is 0 Å². The second-order valence-corrected chi connectivity index (χ2v) is 3.34. The lowest BCUT2D eigenvalue weighted by Crippen LogP contribution is -2.30. The first-order chi connectivity index (χ1) is 6.76. The molecule has 14 heavy (non-hydrogen) atoms. The Kier molecular flexibility index (Phi) is 4.46. The molecule has 0 amide bonds. The third kappa shape index (κ3) is 3.38. The first-order valence-corrected chi connectivity index (χ1v) is 5.15. The Morgan fingerprint density at radius 1 is 1.57 bits per heavy atom. The molecule has 1 aromatic heterocycles. The summed E-state index contributed by atoms with van der Waals surface area (Å²) in [5.74, 6) is 0.687. The number of nitrogens with one attached hydrogen (secondary N) is 2. The summed E-state index contributed by atoms with van der Waals surface area (Å²) in [6, 6.07) is 1.91. The Bertz CT molecular complexity index is 260. The van der Waals surface area contributed by atoms with Gasteiger partial charge in [-0.3, -0.25) is 5.10 Å². The van der Waals surface area contributed by atoms with Crippen molar-refractivity contribution in [1.82, 2.24) is 15.5 Å². The lowest BCUT2D eigenvalue weighted by molar-refractivity contribution is 0.186. The van der Waals surface area contributed by atoms with Gasteiger partial charge in [0.1, 0.15) is 6.10 Å². The smallest absolute Gasteiger partial charge is 0.233 e. The number of aromatic nitrogens is 2. The Hall–Kier alpha value is -1.03. The van der Waals surface area contributed by atoms with E-state index in [2.05, 4.69) is 29.4 Å². The Balaban J connectivity index is 2.40. The second kappa shape index (κ2) is 5.65. The molecule has 1 rings (SSSR count). The highest BCUT2D eigenvalue weighted by atomic mass is 16.5. The van der Waals surface area contributed by atoms with E-state index in [4.69, 9.17) is 4.74 Å². The van der Waals surface area contributed by atoms with E-state index in [-0.39, 0.29) is 6.10 Å². The van der Waals surface area contributed by atoms with Crippen LogP contribution < -0.4 is 10.1 Å². The van der Waals surface area contributed by atoms with Gasteiger partial charge in [-0.25, -0.2) is 0 Å². The van der Waals surface area contributed by atoms with Gasteiger partial charge in [0, 0.05) is 18.3 Å². The zero-order valence-electron chi connectivity index (χ0n) is 9.13. The van der Waals surface area contributed by atoms with Gasteiger partial charge in [-0.15, -0.1) is 5.10 Å². The zero-order chi connectivity index (χ0) is 10.4. The quantitative estimate of drug-likeness (QED) is 0.726. The van der Waals surface area contributed by atoms with Gasteiger partial charge >= 0.3 is 0 Å². The number of H-pyrrole nitrogens is 1. The number of hydrogen-bond donors (Lipinski definition) is 2. The average Bonchev–Trinajstić information content (AvgIpc) is 2.58. The molecule has 1 atom stereocenters. The van der Waals surface area contributed by atoms with Crippen molar-refractivity contribution in [2.45, 2.75) is 33.3 Å². The van der Waals surface area contributed by atoms with E-state index in [0.717, 1.165) is 25.2 Å². The molecule has 0 bridgehead atoms. The molecule has 4 heteroatoms. The van der Waals surface area contributed by atoms with E-state index in [9.17, 15) is 0 Å². The van der Waals surface area contributed by atoms with Crippen LogP contribution in [0.4, 0.5) is 0 Å². The number of aryl methyl sites for hydroxylation is 1. The maximum atomic E-state index is 5.68. The average molecular weight is 197 g/mol. The molecular formula is C10H19N3O. The van der Waals surface area contributed by atoms with E-state index >= 15 is 0 Å². The van der Waals surface area contributed by atoms with Crippen molar-refractivity contribution in [2.75, 3.05) is 13.1 Å². The van der Waals surface area contributed by atoms with Gasteiger partial charge in [-0.2, -0.15) is 0 Å². The second-order valence-electron chi connectivity index (χ2n) is 3.34. The highest BCUT2D eigenvalue weighted by molar-refractivity contribution is 5.12. The molecule has 0 radical (unpaired) electrons. The van der Waals surface area contributed by atoms with Crippen molar-refractivity contribution in [1.29, 1.82) is 0 Å². The highest BCUT2D eigenvalue weighted by Gasteiger charge is 2.08. The summed E-state index contributed by atoms with van der Waals surface area (Å²) >= 11 is 0. The van der Waals surface area contributed by atoms with Gasteiger partial charge in [-0.1, -0.05) is 13.8 Å². The lowest BCUT2D eigenvalue weighted by Gasteiger charge is -2.15. The van der Waals surface area contributed by atoms with Crippen LogP contribution in [-0.4, -0.2) is 29.4 Å². The Labute approximate surface area is 85.0 Å². The van der Waals surface area contributed by atoms with Crippen molar-refractivity contribution in [3.8, 4) is 5.88 Å². The molecule has 0 aliphatic carbocycles. The van der Waals surface area contributed by atoms with Crippen molar-refractivity contribution in [3.05, 3.63) is 11.8 Å². The molecule has 0 spiro atoms. The maximum absolute atomic E-state index is 5.68. The summed E-state index contributed by atoms with van der Waals surface area (Å²) in [6.07, 6.45) is 1.19. The fourth-order valence-corrected chi connectivity index (χ4v) is 1.20. The highest BCUT2D eigenvalue weighted by Crippen LogP contribution is 2.10. The molecule has 1 aromatic rings. The summed E-state index contributed by atoms with van der Waals surface area (Å²) in [5.41, 5.74) is 1.03. The number of likely N-dealkylation sites (N-methyl/N-ethyl adjacent to an activating group) is 1. The van der Waals surface area contributed by atoms with E-state index in [1.54, 1.807) is 0 Å². The summed E-state index contributed by atoms with van der Waals surface area (Å²) in [6.45, 7) is 8.01. The summed E-state index contributed by atoms with van der Waals surface area (Å²) < 4.78 is 5.68. The maximum Gasteiger partial charge on any atom is 0.233 e. The monoisotopic (exact) mass is 197 g/mol. The van der Waals surface area contributed by atoms with E-state index in [0.29, 0.717) is 5.88 Å². The van der Waals surface area contributed by atoms with Crippen molar-refractivity contribution < 1.29 is 4.74 Å². The van der Waals surface area contributed by atoms with Crippen molar-refractivity contribution in [3.63, 3.8) is 0 Å². The Morgan fingerprint density at radius 2 is 2.36 bits per heavy atom. The predicted molar refractivity (Wildman–Crippen MR) is 56.6 cm³/mol. The number of rotatable bonds is 6. The standard InChI is InChI=1S/C10H19N3O/c1-4-9(7-11-5-2)14-10-6-8(3)12-13-10/h6,9,11H,4-5,7H2,1-3H3,(H,12,13). The minimum absolute atomic E-state index is 0.206. The first kappa shape index (κ1) is 11.0. The molecule has 0 aliphatic heterocycles. The van der Waals surface area contributed by atoms with Crippen LogP contribution in [0.3, 0.4) is 0 Å². The normalized spacial score (nSPS) is 12.8. The molecule has 0 fully saturated rings. The molecule has 4 nitrogen and oxygen atoms in total. The fraction of sp³-hybridized carbons (Fsp3) is 0.700. The molecule has 2 N–H and O–H groups in total. The first-order valence-electron chi connectivity index (χ1n) is 5.15. The van der Waals surface area contributed by atoms with Crippen LogP contribution in [-0.2, 0) is 0 Å². The van der Waals surface area contributed by atoms with E-state index < -0.39 is 0 Å². The third-order valence-electron chi connectivity index (χ3n) is 2.05. The van der Waals surface area contributed by atoms with Gasteiger partial charge in [0.15, 0.2) is 0 Å². The third-order valence-corrected chi connectivity index (χ3v) is 2.05. The van der Waals surface area contributed by atoms with Crippen LogP contribution in [0, 0.1) is 6.92 Å². The molecule has 80 valence electrons. The summed E-state index contributed by atoms with van der Waals surface area (Å²) in [7, 11) is 0. The zero-order valence-corrected chi connectivity index (χ0v) is 9.13. The van der Waals surface area contributed by atoms with Crippen LogP contribution in [0.5, 0.6) is 5.88 Å². The summed E-state index contributed by atoms with van der Waals surface area (Å²) in [4.78, 5) is 0. The van der Waals surface area contributed by atoms with Gasteiger partial charge in [0.25, 0.3) is 0 Å². The predicted octanol–water partition coefficient (Wildman–Crippen LogP) is 1.49. The molecule has 1 heterocycles. The van der Waals surface area contributed by atoms with Crippen LogP contribution in [0.1, 0.15) is 26.0 Å². The SMILES string of the molecule is CCNCC(CC)Oc1cc(C)[nH]n1. The molecule has 0 aromatic carbocycles. The number of hydrogen-bond acceptors (Lipinski definition) is 3. The van der Waals surface area contributed by atoms with Crippen LogP contribution in [0.15, 0.2) is 6.07 Å². The van der Waals surface area contributed by atoms with Crippen LogP contribution >= 0.6 is 0 Å². The van der Waals surface area contributed by atoms with Gasteiger partial charge in [-0.05, 0) is 19.9 Å². The summed E-state index contributed by atoms with van der Waals surface area (Å²) in [5, 5.41) is 10.2. The van der Waals surface area contributed by atoms with Gasteiger partial charge < -0.3 is 10.1 Å². The molecule has 0 saturated carbocycles. The van der Waals surface area contributed by atoms with Gasteiger partial charge in [0.2, 0.25) is 5.88 Å². The van der Waals surface area contributed by atoms with Crippen molar-refractivity contribution >= 4 is 0 Å². The minimum Gasteiger partial charge on any atom is -0.472 e. The fourth-order valence-electron chi connectivity index (χ4n) is 1.20. The van der Waals surface area contributed by atoms with Crippen LogP contribution in [0.2, 0.25) is 0 Å². The Morgan fingerprint density at radius 3 is 2.86 bits per heavy atom. The number of ether oxygens (including phenoxy) is 1. The molecule has 0 saturated heterocycles. The molecule has 1 unspecified atom stereocenters. The lowest BCUT2D eigenvalue weighted by atomic mass is 10.3. The van der Waals surface area contributed by atoms with E-state index in [1.807, 2.05) is 13.0 Å². The largest absolute Gasteiger partial charge is 0.472 e. The van der Waals surface area contributed by atoms with Crippen LogP contribution in [0.25, 0.3) is 0 Å². The minimum atomic E-state index is 0.206. The molecular weight excluding hydrogens is 178 g/mol. The van der Waals surface area contributed by atoms with E-state index in [1.165, 1.54) is 0 Å².